The number of ether oxygens (including phenoxy) is 1. The first-order valence-corrected chi connectivity index (χ1v) is 6.61. The number of rotatable bonds is 4. The summed E-state index contributed by atoms with van der Waals surface area (Å²) < 4.78 is 6.37. The third-order valence-corrected chi connectivity index (χ3v) is 3.36. The summed E-state index contributed by atoms with van der Waals surface area (Å²) in [5, 5.41) is 3.19. The zero-order chi connectivity index (χ0) is 13.0. The van der Waals surface area contributed by atoms with Gasteiger partial charge in [-0.2, -0.15) is 0 Å². The van der Waals surface area contributed by atoms with Gasteiger partial charge in [0.1, 0.15) is 5.75 Å². The van der Waals surface area contributed by atoms with Gasteiger partial charge in [-0.15, -0.1) is 0 Å². The molecule has 2 aromatic carbocycles. The summed E-state index contributed by atoms with van der Waals surface area (Å²) in [5.41, 5.74) is 3.68. The van der Waals surface area contributed by atoms with Crippen LogP contribution in [0.2, 0.25) is 0 Å². The minimum absolute atomic E-state index is 0.822. The minimum atomic E-state index is 0.822. The van der Waals surface area contributed by atoms with Crippen LogP contribution in [0.5, 0.6) is 5.75 Å². The van der Waals surface area contributed by atoms with Gasteiger partial charge < -0.3 is 10.1 Å². The minimum Gasteiger partial charge on any atom is -0.497 e. The van der Waals surface area contributed by atoms with Crippen molar-refractivity contribution in [2.24, 2.45) is 0 Å². The lowest BCUT2D eigenvalue weighted by Crippen LogP contribution is -2.06. The molecule has 94 valence electrons. The van der Waals surface area contributed by atoms with Gasteiger partial charge in [0.2, 0.25) is 0 Å². The van der Waals surface area contributed by atoms with Crippen molar-refractivity contribution in [2.75, 3.05) is 14.2 Å². The van der Waals surface area contributed by atoms with Crippen LogP contribution < -0.4 is 10.1 Å². The number of hydrogen-bond acceptors (Lipinski definition) is 2. The molecule has 0 atom stereocenters. The van der Waals surface area contributed by atoms with Gasteiger partial charge in [-0.3, -0.25) is 0 Å². The molecule has 0 fully saturated rings. The third-order valence-electron chi connectivity index (χ3n) is 2.83. The monoisotopic (exact) mass is 305 g/mol. The fraction of sp³-hybridized carbons (Fsp3) is 0.200. The normalized spacial score (nSPS) is 10.4. The second-order valence-corrected chi connectivity index (χ2v) is 4.98. The van der Waals surface area contributed by atoms with E-state index in [0.29, 0.717) is 0 Å². The molecule has 2 aromatic rings. The maximum Gasteiger partial charge on any atom is 0.119 e. The third kappa shape index (κ3) is 2.92. The Morgan fingerprint density at radius 1 is 1.11 bits per heavy atom. The molecular formula is C15H16BrNO. The average molecular weight is 306 g/mol. The van der Waals surface area contributed by atoms with Crippen molar-refractivity contribution >= 4 is 15.9 Å². The Hall–Kier alpha value is -1.32. The molecule has 0 amide bonds. The topological polar surface area (TPSA) is 21.3 Å². The predicted octanol–water partition coefficient (Wildman–Crippen LogP) is 3.84. The zero-order valence-electron chi connectivity index (χ0n) is 10.5. The van der Waals surface area contributed by atoms with Gasteiger partial charge in [-0.05, 0) is 48.0 Å². The van der Waals surface area contributed by atoms with Crippen LogP contribution in [0.25, 0.3) is 11.1 Å². The van der Waals surface area contributed by atoms with Crippen LogP contribution in [0.4, 0.5) is 0 Å². The molecule has 0 saturated heterocycles. The van der Waals surface area contributed by atoms with Gasteiger partial charge in [0, 0.05) is 11.0 Å². The predicted molar refractivity (Wildman–Crippen MR) is 78.9 cm³/mol. The second kappa shape index (κ2) is 6.03. The summed E-state index contributed by atoms with van der Waals surface area (Å²) in [6, 6.07) is 14.5. The second-order valence-electron chi connectivity index (χ2n) is 4.06. The highest BCUT2D eigenvalue weighted by Crippen LogP contribution is 2.28. The van der Waals surface area contributed by atoms with Crippen LogP contribution >= 0.6 is 15.9 Å². The van der Waals surface area contributed by atoms with Crippen LogP contribution in [-0.2, 0) is 6.54 Å². The number of nitrogens with one attached hydrogen (secondary N) is 1. The Kier molecular flexibility index (Phi) is 4.39. The largest absolute Gasteiger partial charge is 0.497 e. The van der Waals surface area contributed by atoms with E-state index in [1.165, 1.54) is 16.7 Å². The van der Waals surface area contributed by atoms with E-state index in [2.05, 4.69) is 57.6 Å². The van der Waals surface area contributed by atoms with Crippen molar-refractivity contribution in [1.29, 1.82) is 0 Å². The smallest absolute Gasteiger partial charge is 0.119 e. The lowest BCUT2D eigenvalue weighted by Gasteiger charge is -2.11. The van der Waals surface area contributed by atoms with Crippen LogP contribution in [0, 0.1) is 0 Å². The lowest BCUT2D eigenvalue weighted by molar-refractivity contribution is 0.414. The van der Waals surface area contributed by atoms with E-state index in [1.54, 1.807) is 7.11 Å². The molecule has 0 bridgehead atoms. The standard InChI is InChI=1S/C15H16BrNO/c1-17-10-12-9-14(18-2)7-8-15(12)11-3-5-13(16)6-4-11/h3-9,17H,10H2,1-2H3. The molecule has 0 saturated carbocycles. The summed E-state index contributed by atoms with van der Waals surface area (Å²) >= 11 is 3.46. The molecule has 0 radical (unpaired) electrons. The Morgan fingerprint density at radius 2 is 1.83 bits per heavy atom. The number of halogens is 1. The molecule has 0 aliphatic heterocycles. The highest BCUT2D eigenvalue weighted by atomic mass is 79.9. The van der Waals surface area contributed by atoms with E-state index in [1.807, 2.05) is 13.1 Å². The molecule has 0 unspecified atom stereocenters. The van der Waals surface area contributed by atoms with Gasteiger partial charge in [0.25, 0.3) is 0 Å². The SMILES string of the molecule is CNCc1cc(OC)ccc1-c1ccc(Br)cc1. The van der Waals surface area contributed by atoms with Crippen molar-refractivity contribution in [3.63, 3.8) is 0 Å². The van der Waals surface area contributed by atoms with E-state index < -0.39 is 0 Å². The Labute approximate surface area is 116 Å². The molecule has 18 heavy (non-hydrogen) atoms. The summed E-state index contributed by atoms with van der Waals surface area (Å²) in [5.74, 6) is 0.890. The molecule has 0 aliphatic rings. The fourth-order valence-electron chi connectivity index (χ4n) is 1.94. The summed E-state index contributed by atoms with van der Waals surface area (Å²) in [4.78, 5) is 0. The number of benzene rings is 2. The van der Waals surface area contributed by atoms with E-state index in [4.69, 9.17) is 4.74 Å². The van der Waals surface area contributed by atoms with Crippen LogP contribution in [-0.4, -0.2) is 14.2 Å². The molecular weight excluding hydrogens is 290 g/mol. The van der Waals surface area contributed by atoms with Gasteiger partial charge in [0.05, 0.1) is 7.11 Å². The van der Waals surface area contributed by atoms with Gasteiger partial charge in [-0.25, -0.2) is 0 Å². The zero-order valence-corrected chi connectivity index (χ0v) is 12.1. The Bertz CT molecular complexity index is 523. The van der Waals surface area contributed by atoms with E-state index >= 15 is 0 Å². The maximum atomic E-state index is 5.28. The van der Waals surface area contributed by atoms with Gasteiger partial charge in [0.15, 0.2) is 0 Å². The molecule has 2 rings (SSSR count). The summed E-state index contributed by atoms with van der Waals surface area (Å²) in [7, 11) is 3.64. The molecule has 1 N–H and O–H groups in total. The first-order chi connectivity index (χ1) is 8.74. The maximum absolute atomic E-state index is 5.28. The highest BCUT2D eigenvalue weighted by molar-refractivity contribution is 9.10. The molecule has 2 nitrogen and oxygen atoms in total. The molecule has 0 heterocycles. The highest BCUT2D eigenvalue weighted by Gasteiger charge is 2.06. The average Bonchev–Trinajstić information content (AvgIpc) is 2.40. The number of methoxy groups -OCH3 is 1. The van der Waals surface area contributed by atoms with Crippen LogP contribution in [0.1, 0.15) is 5.56 Å². The van der Waals surface area contributed by atoms with Crippen LogP contribution in [0.15, 0.2) is 46.9 Å². The van der Waals surface area contributed by atoms with Gasteiger partial charge in [-0.1, -0.05) is 34.1 Å². The van der Waals surface area contributed by atoms with Gasteiger partial charge >= 0.3 is 0 Å². The van der Waals surface area contributed by atoms with Crippen molar-refractivity contribution < 1.29 is 4.74 Å². The fourth-order valence-corrected chi connectivity index (χ4v) is 2.21. The van der Waals surface area contributed by atoms with Crippen LogP contribution in [0.3, 0.4) is 0 Å². The molecule has 3 heteroatoms. The summed E-state index contributed by atoms with van der Waals surface area (Å²) in [6.45, 7) is 0.822. The van der Waals surface area contributed by atoms with Crippen molar-refractivity contribution in [2.45, 2.75) is 6.54 Å². The molecule has 0 aromatic heterocycles. The van der Waals surface area contributed by atoms with E-state index in [0.717, 1.165) is 16.8 Å². The van der Waals surface area contributed by atoms with E-state index in [-0.39, 0.29) is 0 Å². The van der Waals surface area contributed by atoms with Crippen molar-refractivity contribution in [3.8, 4) is 16.9 Å². The number of hydrogen-bond donors (Lipinski definition) is 1. The summed E-state index contributed by atoms with van der Waals surface area (Å²) in [6.07, 6.45) is 0. The first kappa shape index (κ1) is 13.1. The van der Waals surface area contributed by atoms with E-state index in [9.17, 15) is 0 Å². The first-order valence-electron chi connectivity index (χ1n) is 5.82. The quantitative estimate of drug-likeness (QED) is 0.926. The van der Waals surface area contributed by atoms with Crippen molar-refractivity contribution in [1.82, 2.24) is 5.32 Å². The Morgan fingerprint density at radius 3 is 2.44 bits per heavy atom. The molecule has 0 spiro atoms. The lowest BCUT2D eigenvalue weighted by atomic mass is 9.99. The van der Waals surface area contributed by atoms with Crippen molar-refractivity contribution in [3.05, 3.63) is 52.5 Å². The Balaban J connectivity index is 2.45. The molecule has 0 aliphatic carbocycles.